The summed E-state index contributed by atoms with van der Waals surface area (Å²) >= 11 is 0. The molecule has 0 aliphatic carbocycles. The van der Waals surface area contributed by atoms with Gasteiger partial charge in [0.25, 0.3) is 0 Å². The van der Waals surface area contributed by atoms with Crippen LogP contribution in [0.1, 0.15) is 9.67 Å². The van der Waals surface area contributed by atoms with Crippen LogP contribution in [0.4, 0.5) is 0 Å². The summed E-state index contributed by atoms with van der Waals surface area (Å²) in [7, 11) is 1.93. The third-order valence-electron chi connectivity index (χ3n) is 0.673. The smallest absolute Gasteiger partial charge is 0.346 e. The van der Waals surface area contributed by atoms with E-state index in [1.165, 1.54) is 0 Å². The highest BCUT2D eigenvalue weighted by molar-refractivity contribution is 7.69. The van der Waals surface area contributed by atoms with Crippen LogP contribution in [0, 0.1) is 0 Å². The average molecular weight is 162 g/mol. The fraction of sp³-hybridized carbons (Fsp3) is 0. The van der Waals surface area contributed by atoms with Crippen molar-refractivity contribution < 1.29 is 9.90 Å². The Morgan fingerprint density at radius 3 is 2.44 bits per heavy atom. The zero-order valence-corrected chi connectivity index (χ0v) is 5.79. The number of carboxylic acids is 1. The number of rotatable bonds is 1. The van der Waals surface area contributed by atoms with Crippen molar-refractivity contribution in [3.05, 3.63) is 20.5 Å². The van der Waals surface area contributed by atoms with Gasteiger partial charge < -0.3 is 5.11 Å². The Morgan fingerprint density at radius 2 is 2.22 bits per heavy atom. The quantitative estimate of drug-likeness (QED) is 0.623. The molecule has 3 nitrogen and oxygen atoms in total. The molecule has 9 heavy (non-hydrogen) atoms. The number of carboxylic acid groups (broad SMARTS) is 1. The van der Waals surface area contributed by atoms with Crippen molar-refractivity contribution >= 4 is 26.7 Å². The second-order valence-electron chi connectivity index (χ2n) is 1.30. The van der Waals surface area contributed by atoms with Crippen molar-refractivity contribution in [2.75, 3.05) is 0 Å². The van der Waals surface area contributed by atoms with Gasteiger partial charge in [-0.25, -0.2) is 4.79 Å². The average Bonchev–Trinajstić information content (AvgIpc) is 2.14. The first-order chi connectivity index (χ1) is 4.20. The topological polar surface area (TPSA) is 54.4 Å². The van der Waals surface area contributed by atoms with Gasteiger partial charge in [0.15, 0.2) is 0 Å². The first kappa shape index (κ1) is 6.44. The third kappa shape index (κ3) is 1.36. The van der Waals surface area contributed by atoms with E-state index in [-0.39, 0.29) is 9.62 Å². The maximum absolute atomic E-state index is 10.4. The molecule has 5 heteroatoms. The van der Waals surface area contributed by atoms with Crippen molar-refractivity contribution in [2.45, 2.75) is 0 Å². The highest BCUT2D eigenvalue weighted by Gasteiger charge is 2.04. The molecule has 0 radical (unpaired) electrons. The van der Waals surface area contributed by atoms with E-state index in [2.05, 4.69) is 0 Å². The van der Waals surface area contributed by atoms with E-state index in [0.29, 0.717) is 0 Å². The van der Waals surface area contributed by atoms with Crippen LogP contribution in [-0.4, -0.2) is 11.1 Å². The van der Waals surface area contributed by atoms with Gasteiger partial charge in [0.1, 0.15) is 4.88 Å². The van der Waals surface area contributed by atoms with Crippen molar-refractivity contribution in [2.24, 2.45) is 0 Å². The fourth-order valence-electron chi connectivity index (χ4n) is 0.338. The second-order valence-corrected chi connectivity index (χ2v) is 3.47. The summed E-state index contributed by atoms with van der Waals surface area (Å²) in [4.78, 5) is 20.6. The lowest BCUT2D eigenvalue weighted by molar-refractivity contribution is 0.0702. The molecule has 0 atom stereocenters. The van der Waals surface area contributed by atoms with Crippen LogP contribution in [0.25, 0.3) is 0 Å². The van der Waals surface area contributed by atoms with Crippen LogP contribution in [0.3, 0.4) is 0 Å². The van der Waals surface area contributed by atoms with Crippen molar-refractivity contribution in [1.29, 1.82) is 0 Å². The Balaban J connectivity index is 3.12. The Bertz CT molecular complexity index is 271. The molecule has 1 aromatic rings. The zero-order valence-electron chi connectivity index (χ0n) is 4.16. The van der Waals surface area contributed by atoms with Crippen LogP contribution in [0.15, 0.2) is 10.9 Å². The summed E-state index contributed by atoms with van der Waals surface area (Å²) in [5.74, 6) is -1.03. The predicted molar refractivity (Wildman–Crippen MR) is 35.4 cm³/mol. The summed E-state index contributed by atoms with van der Waals surface area (Å²) < 4.78 is -0.197. The molecule has 0 saturated carbocycles. The van der Waals surface area contributed by atoms with Gasteiger partial charge in [0.05, 0.1) is 0 Å². The molecule has 0 saturated heterocycles. The van der Waals surface area contributed by atoms with Gasteiger partial charge in [-0.05, 0) is 10.3 Å². The van der Waals surface area contributed by atoms with Gasteiger partial charge in [-0.1, -0.05) is 10.3 Å². The first-order valence-corrected chi connectivity index (χ1v) is 4.18. The summed E-state index contributed by atoms with van der Waals surface area (Å²) in [6.45, 7) is 0. The van der Waals surface area contributed by atoms with Gasteiger partial charge in [0, 0.05) is 6.07 Å². The monoisotopic (exact) mass is 162 g/mol. The number of carbonyl (C=O) groups is 1. The van der Waals surface area contributed by atoms with E-state index in [9.17, 15) is 9.59 Å². The van der Waals surface area contributed by atoms with E-state index in [1.54, 1.807) is 0 Å². The highest BCUT2D eigenvalue weighted by atomic mass is 32.9. The molecule has 0 spiro atoms. The molecule has 1 heterocycles. The minimum Gasteiger partial charge on any atom is -0.477 e. The Hall–Kier alpha value is -0.680. The highest BCUT2D eigenvalue weighted by Crippen LogP contribution is 2.08. The number of hydrogen-bond acceptors (Lipinski definition) is 4. The van der Waals surface area contributed by atoms with Crippen molar-refractivity contribution in [3.63, 3.8) is 0 Å². The normalized spacial score (nSPS) is 9.33. The molecule has 0 aliphatic rings. The maximum Gasteiger partial charge on any atom is 0.346 e. The SMILES string of the molecule is O=C(O)c1cc(=O)ss1. The molecular formula is C4H2O3S2. The maximum atomic E-state index is 10.4. The summed E-state index contributed by atoms with van der Waals surface area (Å²) in [6.07, 6.45) is 0. The second kappa shape index (κ2) is 2.28. The number of hydrogen-bond donors (Lipinski definition) is 1. The van der Waals surface area contributed by atoms with Crippen LogP contribution in [0.5, 0.6) is 0 Å². The molecule has 1 rings (SSSR count). The van der Waals surface area contributed by atoms with E-state index >= 15 is 0 Å². The predicted octanol–water partition coefficient (Wildman–Crippen LogP) is 0.868. The van der Waals surface area contributed by atoms with Gasteiger partial charge in [-0.15, -0.1) is 0 Å². The molecule has 0 bridgehead atoms. The van der Waals surface area contributed by atoms with E-state index < -0.39 is 5.97 Å². The van der Waals surface area contributed by atoms with Crippen LogP contribution >= 0.6 is 20.7 Å². The summed E-state index contributed by atoms with van der Waals surface area (Å²) in [5, 5.41) is 8.28. The minimum atomic E-state index is -1.03. The molecular weight excluding hydrogens is 160 g/mol. The molecule has 1 aromatic heterocycles. The molecule has 0 aliphatic heterocycles. The Labute approximate surface area is 57.6 Å². The summed E-state index contributed by atoms with van der Waals surface area (Å²) in [6, 6.07) is 1.12. The largest absolute Gasteiger partial charge is 0.477 e. The number of aromatic carboxylic acids is 1. The van der Waals surface area contributed by atoms with Crippen LogP contribution < -0.4 is 4.74 Å². The Morgan fingerprint density at radius 1 is 1.56 bits per heavy atom. The van der Waals surface area contributed by atoms with Crippen molar-refractivity contribution in [3.8, 4) is 0 Å². The van der Waals surface area contributed by atoms with Gasteiger partial charge in [-0.3, -0.25) is 4.79 Å². The molecule has 0 fully saturated rings. The van der Waals surface area contributed by atoms with Gasteiger partial charge in [0.2, 0.25) is 4.74 Å². The Kier molecular flexibility index (Phi) is 1.63. The standard InChI is InChI=1S/C4H2O3S2/c5-3-1-2(4(6)7)8-9-3/h1H,(H,6,7). The van der Waals surface area contributed by atoms with E-state index in [4.69, 9.17) is 5.11 Å². The zero-order chi connectivity index (χ0) is 6.85. The van der Waals surface area contributed by atoms with E-state index in [0.717, 1.165) is 26.7 Å². The lowest BCUT2D eigenvalue weighted by Crippen LogP contribution is -1.93. The van der Waals surface area contributed by atoms with Gasteiger partial charge in [-0.2, -0.15) is 0 Å². The summed E-state index contributed by atoms with van der Waals surface area (Å²) in [5.41, 5.74) is 0. The molecule has 48 valence electrons. The van der Waals surface area contributed by atoms with Gasteiger partial charge >= 0.3 is 5.97 Å². The molecule has 0 aromatic carbocycles. The molecule has 0 amide bonds. The fourth-order valence-corrected chi connectivity index (χ4v) is 2.00. The third-order valence-corrected chi connectivity index (χ3v) is 2.79. The molecule has 0 unspecified atom stereocenters. The van der Waals surface area contributed by atoms with E-state index in [1.807, 2.05) is 0 Å². The lowest BCUT2D eigenvalue weighted by Gasteiger charge is -1.77. The lowest BCUT2D eigenvalue weighted by atomic mass is 10.5. The minimum absolute atomic E-state index is 0.116. The molecule has 1 N–H and O–H groups in total. The van der Waals surface area contributed by atoms with Crippen LogP contribution in [0.2, 0.25) is 0 Å². The first-order valence-electron chi connectivity index (χ1n) is 2.03. The van der Waals surface area contributed by atoms with Crippen LogP contribution in [-0.2, 0) is 0 Å². The van der Waals surface area contributed by atoms with Crippen molar-refractivity contribution in [1.82, 2.24) is 0 Å².